The van der Waals surface area contributed by atoms with Gasteiger partial charge in [-0.15, -0.1) is 0 Å². The van der Waals surface area contributed by atoms with E-state index in [2.05, 4.69) is 20.8 Å². The average molecular weight is 302 g/mol. The number of ketones is 2. The standard InChI is InChI=1S/C20H30O2/c1-18-9-7-14-15-4-5-17(22)19(15,2)10-8-16(14)20(18,3)11-6-13(21)12-18/h14-16H,4-12H2,1-3H3/t14-,15-,16-,18+,19+,20-/m0/s1. The maximum absolute atomic E-state index is 12.4. The van der Waals surface area contributed by atoms with Crippen LogP contribution in [0.2, 0.25) is 0 Å². The monoisotopic (exact) mass is 302 g/mol. The highest BCUT2D eigenvalue weighted by Crippen LogP contribution is 2.68. The van der Waals surface area contributed by atoms with Crippen LogP contribution in [0.15, 0.2) is 0 Å². The van der Waals surface area contributed by atoms with Crippen molar-refractivity contribution < 1.29 is 9.59 Å². The van der Waals surface area contributed by atoms with Crippen molar-refractivity contribution in [3.63, 3.8) is 0 Å². The van der Waals surface area contributed by atoms with Crippen LogP contribution in [0.5, 0.6) is 0 Å². The summed E-state index contributed by atoms with van der Waals surface area (Å²) < 4.78 is 0. The topological polar surface area (TPSA) is 34.1 Å². The van der Waals surface area contributed by atoms with Gasteiger partial charge in [-0.05, 0) is 67.1 Å². The highest BCUT2D eigenvalue weighted by molar-refractivity contribution is 5.87. The molecule has 4 rings (SSSR count). The number of carbonyl (C=O) groups is 2. The molecule has 4 fully saturated rings. The van der Waals surface area contributed by atoms with Gasteiger partial charge in [-0.2, -0.15) is 0 Å². The van der Waals surface area contributed by atoms with E-state index >= 15 is 0 Å². The molecule has 0 aromatic rings. The zero-order valence-corrected chi connectivity index (χ0v) is 14.4. The van der Waals surface area contributed by atoms with Crippen LogP contribution in [-0.2, 0) is 9.59 Å². The molecule has 6 atom stereocenters. The lowest BCUT2D eigenvalue weighted by Gasteiger charge is -2.63. The summed E-state index contributed by atoms with van der Waals surface area (Å²) in [4.78, 5) is 24.5. The lowest BCUT2D eigenvalue weighted by molar-refractivity contribution is -0.163. The molecule has 2 nitrogen and oxygen atoms in total. The van der Waals surface area contributed by atoms with Crippen molar-refractivity contribution in [2.45, 2.75) is 78.6 Å². The first-order chi connectivity index (χ1) is 10.3. The van der Waals surface area contributed by atoms with Crippen molar-refractivity contribution in [1.82, 2.24) is 0 Å². The minimum absolute atomic E-state index is 0.0181. The predicted octanol–water partition coefficient (Wildman–Crippen LogP) is 4.56. The van der Waals surface area contributed by atoms with Crippen LogP contribution in [0.1, 0.15) is 78.6 Å². The number of Topliss-reactive ketones (excluding diaryl/α,β-unsaturated/α-hetero) is 2. The largest absolute Gasteiger partial charge is 0.300 e. The Morgan fingerprint density at radius 1 is 0.864 bits per heavy atom. The van der Waals surface area contributed by atoms with Crippen LogP contribution in [0, 0.1) is 34.0 Å². The molecule has 4 aliphatic rings. The summed E-state index contributed by atoms with van der Waals surface area (Å²) in [6.07, 6.45) is 9.36. The third-order valence-corrected chi connectivity index (χ3v) is 8.88. The molecule has 22 heavy (non-hydrogen) atoms. The van der Waals surface area contributed by atoms with Crippen molar-refractivity contribution in [2.75, 3.05) is 0 Å². The first kappa shape index (κ1) is 14.9. The molecule has 0 bridgehead atoms. The highest BCUT2D eigenvalue weighted by Gasteiger charge is 2.63. The maximum atomic E-state index is 12.4. The lowest BCUT2D eigenvalue weighted by Crippen LogP contribution is -2.57. The van der Waals surface area contributed by atoms with E-state index in [4.69, 9.17) is 0 Å². The predicted molar refractivity (Wildman–Crippen MR) is 86.4 cm³/mol. The van der Waals surface area contributed by atoms with E-state index in [1.165, 1.54) is 19.3 Å². The van der Waals surface area contributed by atoms with Crippen LogP contribution in [0.3, 0.4) is 0 Å². The van der Waals surface area contributed by atoms with E-state index in [1.807, 2.05) is 0 Å². The molecular formula is C20H30O2. The normalized spacial score (nSPS) is 54.6. The molecule has 2 heteroatoms. The van der Waals surface area contributed by atoms with Crippen LogP contribution in [0.25, 0.3) is 0 Å². The Bertz CT molecular complexity index is 538. The second-order valence-corrected chi connectivity index (χ2v) is 9.53. The molecule has 0 amide bonds. The Kier molecular flexibility index (Phi) is 3.02. The summed E-state index contributed by atoms with van der Waals surface area (Å²) in [5, 5.41) is 0. The SMILES string of the molecule is C[C@]12CC[C@H]3[C@@H]4CCC(=O)[C@]4(C)CC[C@@H]3[C@]1(C)CCC(=O)C2. The molecule has 0 heterocycles. The third-order valence-electron chi connectivity index (χ3n) is 8.88. The molecule has 0 radical (unpaired) electrons. The van der Waals surface area contributed by atoms with E-state index in [9.17, 15) is 9.59 Å². The van der Waals surface area contributed by atoms with Gasteiger partial charge in [0.05, 0.1) is 0 Å². The molecule has 0 aliphatic heterocycles. The molecular weight excluding hydrogens is 272 g/mol. The molecule has 0 saturated heterocycles. The molecule has 0 spiro atoms. The summed E-state index contributed by atoms with van der Waals surface area (Å²) in [6.45, 7) is 7.12. The fraction of sp³-hybridized carbons (Fsp3) is 0.900. The molecule has 122 valence electrons. The minimum Gasteiger partial charge on any atom is -0.300 e. The van der Waals surface area contributed by atoms with Gasteiger partial charge >= 0.3 is 0 Å². The lowest BCUT2D eigenvalue weighted by atomic mass is 9.41. The van der Waals surface area contributed by atoms with Gasteiger partial charge in [0.25, 0.3) is 0 Å². The van der Waals surface area contributed by atoms with E-state index in [1.54, 1.807) is 0 Å². The van der Waals surface area contributed by atoms with Gasteiger partial charge < -0.3 is 0 Å². The quantitative estimate of drug-likeness (QED) is 0.657. The molecule has 0 aromatic carbocycles. The Hall–Kier alpha value is -0.660. The van der Waals surface area contributed by atoms with Gasteiger partial charge in [0.15, 0.2) is 0 Å². The number of hydrogen-bond donors (Lipinski definition) is 0. The second-order valence-electron chi connectivity index (χ2n) is 9.53. The number of rotatable bonds is 0. The van der Waals surface area contributed by atoms with E-state index in [0.717, 1.165) is 50.4 Å². The summed E-state index contributed by atoms with van der Waals surface area (Å²) in [5.74, 6) is 3.11. The maximum Gasteiger partial charge on any atom is 0.139 e. The van der Waals surface area contributed by atoms with Crippen LogP contribution in [-0.4, -0.2) is 11.6 Å². The summed E-state index contributed by atoms with van der Waals surface area (Å²) >= 11 is 0. The Labute approximate surface area is 134 Å². The molecule has 0 N–H and O–H groups in total. The summed E-state index contributed by atoms with van der Waals surface area (Å²) in [5.41, 5.74) is 0.506. The van der Waals surface area contributed by atoms with Gasteiger partial charge in [0.2, 0.25) is 0 Å². The van der Waals surface area contributed by atoms with E-state index in [-0.39, 0.29) is 10.8 Å². The van der Waals surface area contributed by atoms with Gasteiger partial charge in [-0.1, -0.05) is 20.8 Å². The van der Waals surface area contributed by atoms with Gasteiger partial charge in [-0.3, -0.25) is 9.59 Å². The van der Waals surface area contributed by atoms with Crippen LogP contribution >= 0.6 is 0 Å². The van der Waals surface area contributed by atoms with Crippen molar-refractivity contribution in [2.24, 2.45) is 34.0 Å². The van der Waals surface area contributed by atoms with Crippen molar-refractivity contribution in [3.05, 3.63) is 0 Å². The van der Waals surface area contributed by atoms with Crippen molar-refractivity contribution >= 4 is 11.6 Å². The number of carbonyl (C=O) groups excluding carboxylic acids is 2. The summed E-state index contributed by atoms with van der Waals surface area (Å²) in [7, 11) is 0. The highest BCUT2D eigenvalue weighted by atomic mass is 16.1. The smallest absolute Gasteiger partial charge is 0.139 e. The molecule has 4 aliphatic carbocycles. The molecule has 0 aromatic heterocycles. The van der Waals surface area contributed by atoms with Crippen LogP contribution < -0.4 is 0 Å². The van der Waals surface area contributed by atoms with Crippen molar-refractivity contribution in [3.8, 4) is 0 Å². The second kappa shape index (κ2) is 4.45. The number of fused-ring (bicyclic) bond motifs is 5. The first-order valence-corrected chi connectivity index (χ1v) is 9.35. The Morgan fingerprint density at radius 3 is 2.41 bits per heavy atom. The molecule has 4 saturated carbocycles. The summed E-state index contributed by atoms with van der Waals surface area (Å²) in [6, 6.07) is 0. The average Bonchev–Trinajstić information content (AvgIpc) is 2.76. The van der Waals surface area contributed by atoms with E-state index in [0.29, 0.717) is 22.9 Å². The molecule has 0 unspecified atom stereocenters. The first-order valence-electron chi connectivity index (χ1n) is 9.35. The fourth-order valence-corrected chi connectivity index (χ4v) is 7.17. The van der Waals surface area contributed by atoms with Crippen molar-refractivity contribution in [1.29, 1.82) is 0 Å². The van der Waals surface area contributed by atoms with Gasteiger partial charge in [-0.25, -0.2) is 0 Å². The number of hydrogen-bond acceptors (Lipinski definition) is 2. The Balaban J connectivity index is 1.69. The van der Waals surface area contributed by atoms with Crippen LogP contribution in [0.4, 0.5) is 0 Å². The Morgan fingerprint density at radius 2 is 1.64 bits per heavy atom. The van der Waals surface area contributed by atoms with Gasteiger partial charge in [0, 0.05) is 24.7 Å². The van der Waals surface area contributed by atoms with E-state index < -0.39 is 0 Å². The fourth-order valence-electron chi connectivity index (χ4n) is 7.17. The minimum atomic E-state index is -0.0181. The zero-order chi connectivity index (χ0) is 15.8. The third kappa shape index (κ3) is 1.67. The zero-order valence-electron chi connectivity index (χ0n) is 14.4. The van der Waals surface area contributed by atoms with Gasteiger partial charge in [0.1, 0.15) is 11.6 Å².